The summed E-state index contributed by atoms with van der Waals surface area (Å²) in [7, 11) is -3.60. The topological polar surface area (TPSA) is 66.5 Å². The van der Waals surface area contributed by atoms with Crippen molar-refractivity contribution in [2.45, 2.75) is 23.1 Å². The van der Waals surface area contributed by atoms with Crippen LogP contribution in [0.15, 0.2) is 52.1 Å². The SMILES string of the molecule is O=C(CNS(=O)(=O)c1cccs1)N1CCCC1c1ccccc1. The maximum absolute atomic E-state index is 12.4. The van der Waals surface area contributed by atoms with Gasteiger partial charge in [-0.15, -0.1) is 11.3 Å². The maximum atomic E-state index is 12.4. The molecule has 0 saturated carbocycles. The van der Waals surface area contributed by atoms with E-state index >= 15 is 0 Å². The van der Waals surface area contributed by atoms with Crippen LogP contribution in [0.2, 0.25) is 0 Å². The molecule has 3 rings (SSSR count). The van der Waals surface area contributed by atoms with Crippen LogP contribution in [0.25, 0.3) is 0 Å². The van der Waals surface area contributed by atoms with Crippen molar-refractivity contribution < 1.29 is 13.2 Å². The Labute approximate surface area is 140 Å². The van der Waals surface area contributed by atoms with Gasteiger partial charge in [0.15, 0.2) is 0 Å². The Morgan fingerprint density at radius 2 is 2.00 bits per heavy atom. The van der Waals surface area contributed by atoms with Crippen molar-refractivity contribution in [2.24, 2.45) is 0 Å². The van der Waals surface area contributed by atoms with Crippen molar-refractivity contribution >= 4 is 27.3 Å². The molecule has 1 fully saturated rings. The van der Waals surface area contributed by atoms with Gasteiger partial charge in [0.25, 0.3) is 10.0 Å². The largest absolute Gasteiger partial charge is 0.335 e. The predicted octanol–water partition coefficient (Wildman–Crippen LogP) is 2.39. The molecule has 7 heteroatoms. The molecule has 1 saturated heterocycles. The van der Waals surface area contributed by atoms with Gasteiger partial charge in [-0.25, -0.2) is 13.1 Å². The Morgan fingerprint density at radius 1 is 1.22 bits per heavy atom. The lowest BCUT2D eigenvalue weighted by Gasteiger charge is -2.25. The zero-order valence-corrected chi connectivity index (χ0v) is 14.1. The lowest BCUT2D eigenvalue weighted by molar-refractivity contribution is -0.130. The van der Waals surface area contributed by atoms with Crippen molar-refractivity contribution in [1.82, 2.24) is 9.62 Å². The number of nitrogens with zero attached hydrogens (tertiary/aromatic N) is 1. The minimum atomic E-state index is -3.60. The first-order chi connectivity index (χ1) is 11.1. The predicted molar refractivity (Wildman–Crippen MR) is 89.6 cm³/mol. The van der Waals surface area contributed by atoms with Gasteiger partial charge in [0.05, 0.1) is 12.6 Å². The van der Waals surface area contributed by atoms with Crippen LogP contribution in [0, 0.1) is 0 Å². The molecular formula is C16H18N2O3S2. The van der Waals surface area contributed by atoms with E-state index in [2.05, 4.69) is 4.72 Å². The number of hydrogen-bond donors (Lipinski definition) is 1. The van der Waals surface area contributed by atoms with E-state index in [1.807, 2.05) is 30.3 Å². The fourth-order valence-corrected chi connectivity index (χ4v) is 4.84. The lowest BCUT2D eigenvalue weighted by Crippen LogP contribution is -2.39. The Morgan fingerprint density at radius 3 is 2.70 bits per heavy atom. The van der Waals surface area contributed by atoms with Gasteiger partial charge in [0, 0.05) is 6.54 Å². The second-order valence-corrected chi connectivity index (χ2v) is 8.35. The average molecular weight is 350 g/mol. The Kier molecular flexibility index (Phi) is 4.79. The van der Waals surface area contributed by atoms with Gasteiger partial charge in [0.2, 0.25) is 5.91 Å². The van der Waals surface area contributed by atoms with E-state index in [0.717, 1.165) is 29.7 Å². The molecule has 2 aromatic rings. The fraction of sp³-hybridized carbons (Fsp3) is 0.312. The number of likely N-dealkylation sites (tertiary alicyclic amines) is 1. The van der Waals surface area contributed by atoms with Crippen LogP contribution in [-0.4, -0.2) is 32.3 Å². The van der Waals surface area contributed by atoms with Gasteiger partial charge in [-0.05, 0) is 29.9 Å². The molecule has 1 unspecified atom stereocenters. The standard InChI is InChI=1S/C16H18N2O3S2/c19-15(12-17-23(20,21)16-9-5-11-22-16)18-10-4-8-14(18)13-6-2-1-3-7-13/h1-3,5-7,9,11,14,17H,4,8,10,12H2. The van der Waals surface area contributed by atoms with Crippen LogP contribution in [0.1, 0.15) is 24.4 Å². The molecule has 1 aliphatic heterocycles. The van der Waals surface area contributed by atoms with Crippen LogP contribution in [0.4, 0.5) is 0 Å². The molecule has 0 radical (unpaired) electrons. The van der Waals surface area contributed by atoms with E-state index in [9.17, 15) is 13.2 Å². The normalized spacial score (nSPS) is 18.3. The van der Waals surface area contributed by atoms with Gasteiger partial charge < -0.3 is 4.90 Å². The van der Waals surface area contributed by atoms with Crippen LogP contribution >= 0.6 is 11.3 Å². The van der Waals surface area contributed by atoms with Crippen molar-refractivity contribution in [1.29, 1.82) is 0 Å². The van der Waals surface area contributed by atoms with Crippen molar-refractivity contribution in [2.75, 3.05) is 13.1 Å². The second-order valence-electron chi connectivity index (χ2n) is 5.41. The number of thiophene rings is 1. The molecular weight excluding hydrogens is 332 g/mol. The molecule has 0 aliphatic carbocycles. The Bertz CT molecular complexity index is 758. The molecule has 1 N–H and O–H groups in total. The highest BCUT2D eigenvalue weighted by atomic mass is 32.2. The third kappa shape index (κ3) is 3.63. The summed E-state index contributed by atoms with van der Waals surface area (Å²) < 4.78 is 26.8. The molecule has 1 atom stereocenters. The molecule has 5 nitrogen and oxygen atoms in total. The second kappa shape index (κ2) is 6.82. The minimum absolute atomic E-state index is 0.0370. The van der Waals surface area contributed by atoms with Crippen LogP contribution < -0.4 is 4.72 Å². The van der Waals surface area contributed by atoms with Crippen LogP contribution in [-0.2, 0) is 14.8 Å². The highest BCUT2D eigenvalue weighted by Crippen LogP contribution is 2.31. The summed E-state index contributed by atoms with van der Waals surface area (Å²) in [6, 6.07) is 13.1. The summed E-state index contributed by atoms with van der Waals surface area (Å²) >= 11 is 1.14. The quantitative estimate of drug-likeness (QED) is 0.900. The molecule has 2 heterocycles. The van der Waals surface area contributed by atoms with Crippen molar-refractivity contribution in [3.05, 3.63) is 53.4 Å². The maximum Gasteiger partial charge on any atom is 0.250 e. The third-order valence-corrected chi connectivity index (χ3v) is 6.73. The van der Waals surface area contributed by atoms with Gasteiger partial charge >= 0.3 is 0 Å². The van der Waals surface area contributed by atoms with Crippen LogP contribution in [0.3, 0.4) is 0 Å². The number of carbonyl (C=O) groups excluding carboxylic acids is 1. The number of benzene rings is 1. The Balaban J connectivity index is 1.66. The third-order valence-electron chi connectivity index (χ3n) is 3.93. The number of rotatable bonds is 5. The first-order valence-corrected chi connectivity index (χ1v) is 9.82. The zero-order valence-electron chi connectivity index (χ0n) is 12.5. The summed E-state index contributed by atoms with van der Waals surface area (Å²) in [5.41, 5.74) is 1.10. The lowest BCUT2D eigenvalue weighted by atomic mass is 10.0. The van der Waals surface area contributed by atoms with Gasteiger partial charge in [-0.1, -0.05) is 36.4 Å². The first kappa shape index (κ1) is 16.2. The fourth-order valence-electron chi connectivity index (χ4n) is 2.83. The van der Waals surface area contributed by atoms with Crippen molar-refractivity contribution in [3.63, 3.8) is 0 Å². The van der Waals surface area contributed by atoms with Gasteiger partial charge in [-0.3, -0.25) is 4.79 Å². The summed E-state index contributed by atoms with van der Waals surface area (Å²) in [4.78, 5) is 14.2. The molecule has 0 spiro atoms. The monoisotopic (exact) mass is 350 g/mol. The molecule has 23 heavy (non-hydrogen) atoms. The van der Waals surface area contributed by atoms with E-state index in [1.54, 1.807) is 16.3 Å². The number of sulfonamides is 1. The molecule has 122 valence electrons. The molecule has 1 amide bonds. The summed E-state index contributed by atoms with van der Waals surface area (Å²) in [6.45, 7) is 0.461. The van der Waals surface area contributed by atoms with E-state index in [-0.39, 0.29) is 22.7 Å². The van der Waals surface area contributed by atoms with E-state index in [4.69, 9.17) is 0 Å². The van der Waals surface area contributed by atoms with E-state index in [0.29, 0.717) is 6.54 Å². The average Bonchev–Trinajstić information content (AvgIpc) is 3.25. The highest BCUT2D eigenvalue weighted by molar-refractivity contribution is 7.91. The van der Waals surface area contributed by atoms with Crippen LogP contribution in [0.5, 0.6) is 0 Å². The number of nitrogens with one attached hydrogen (secondary N) is 1. The first-order valence-electron chi connectivity index (χ1n) is 7.45. The van der Waals surface area contributed by atoms with E-state index < -0.39 is 10.0 Å². The number of carbonyl (C=O) groups is 1. The number of hydrogen-bond acceptors (Lipinski definition) is 4. The smallest absolute Gasteiger partial charge is 0.250 e. The summed E-state index contributed by atoms with van der Waals surface area (Å²) in [6.07, 6.45) is 1.84. The minimum Gasteiger partial charge on any atom is -0.335 e. The van der Waals surface area contributed by atoms with Gasteiger partial charge in [0.1, 0.15) is 4.21 Å². The van der Waals surface area contributed by atoms with Gasteiger partial charge in [-0.2, -0.15) is 0 Å². The number of amides is 1. The Hall–Kier alpha value is -1.70. The molecule has 1 aliphatic rings. The molecule has 0 bridgehead atoms. The highest BCUT2D eigenvalue weighted by Gasteiger charge is 2.30. The molecule has 1 aromatic heterocycles. The van der Waals surface area contributed by atoms with E-state index in [1.165, 1.54) is 6.07 Å². The summed E-state index contributed by atoms with van der Waals surface area (Å²) in [5, 5.41) is 1.70. The van der Waals surface area contributed by atoms with Crippen molar-refractivity contribution in [3.8, 4) is 0 Å². The summed E-state index contributed by atoms with van der Waals surface area (Å²) in [5.74, 6) is -0.184. The molecule has 1 aromatic carbocycles. The zero-order chi connectivity index (χ0) is 16.3.